The molecule has 0 radical (unpaired) electrons. The summed E-state index contributed by atoms with van der Waals surface area (Å²) < 4.78 is 9.85. The number of hydrogen-bond donors (Lipinski definition) is 1. The van der Waals surface area contributed by atoms with Gasteiger partial charge in [0, 0.05) is 11.4 Å². The zero-order valence-electron chi connectivity index (χ0n) is 10.7. The molecule has 1 N–H and O–H groups in total. The minimum atomic E-state index is -0.490. The van der Waals surface area contributed by atoms with Crippen molar-refractivity contribution < 1.29 is 24.2 Å². The summed E-state index contributed by atoms with van der Waals surface area (Å²) >= 11 is 0. The normalized spacial score (nSPS) is 22.1. The zero-order chi connectivity index (χ0) is 14.1. The quantitative estimate of drug-likeness (QED) is 0.891. The number of hydrogen-bond acceptors (Lipinski definition) is 5. The minimum Gasteiger partial charge on any atom is -0.447 e. The highest BCUT2D eigenvalue weighted by molar-refractivity contribution is 5.92. The standard InChI is InChI=1S/C13H14N2O5/c16-8-11-7-15(13(18)20-11)10-3-1-9(2-4-10)14-5-6-19-12(14)17/h1-4,11,16H,5-8H2/t11-/m1/s1. The van der Waals surface area contributed by atoms with Crippen LogP contribution >= 0.6 is 0 Å². The van der Waals surface area contributed by atoms with Crippen molar-refractivity contribution in [3.8, 4) is 0 Å². The number of aliphatic hydroxyl groups is 1. The molecule has 106 valence electrons. The van der Waals surface area contributed by atoms with E-state index < -0.39 is 12.2 Å². The van der Waals surface area contributed by atoms with Crippen LogP contribution < -0.4 is 9.80 Å². The fourth-order valence-electron chi connectivity index (χ4n) is 2.27. The molecule has 2 heterocycles. The van der Waals surface area contributed by atoms with Gasteiger partial charge in [0.2, 0.25) is 0 Å². The van der Waals surface area contributed by atoms with Crippen LogP contribution in [0.1, 0.15) is 0 Å². The van der Waals surface area contributed by atoms with Gasteiger partial charge in [0.1, 0.15) is 12.7 Å². The molecule has 2 amide bonds. The van der Waals surface area contributed by atoms with Crippen molar-refractivity contribution in [3.05, 3.63) is 24.3 Å². The first-order valence-electron chi connectivity index (χ1n) is 6.32. The van der Waals surface area contributed by atoms with E-state index in [2.05, 4.69) is 0 Å². The van der Waals surface area contributed by atoms with Crippen molar-refractivity contribution in [2.24, 2.45) is 0 Å². The Morgan fingerprint density at radius 1 is 1.10 bits per heavy atom. The first kappa shape index (κ1) is 12.7. The summed E-state index contributed by atoms with van der Waals surface area (Å²) in [5, 5.41) is 9.00. The van der Waals surface area contributed by atoms with Crippen LogP contribution in [-0.4, -0.2) is 49.7 Å². The lowest BCUT2D eigenvalue weighted by Crippen LogP contribution is -2.26. The highest BCUT2D eigenvalue weighted by Gasteiger charge is 2.32. The van der Waals surface area contributed by atoms with Gasteiger partial charge in [-0.05, 0) is 24.3 Å². The summed E-state index contributed by atoms with van der Waals surface area (Å²) in [5.41, 5.74) is 1.39. The number of cyclic esters (lactones) is 2. The maximum atomic E-state index is 11.6. The molecule has 1 aromatic carbocycles. The number of anilines is 2. The summed E-state index contributed by atoms with van der Waals surface area (Å²) in [4.78, 5) is 26.1. The van der Waals surface area contributed by atoms with Gasteiger partial charge in [-0.15, -0.1) is 0 Å². The SMILES string of the molecule is O=C1OCCN1c1ccc(N2C[C@H](CO)OC2=O)cc1. The zero-order valence-corrected chi connectivity index (χ0v) is 10.7. The Bertz CT molecular complexity index is 530. The lowest BCUT2D eigenvalue weighted by Gasteiger charge is -2.16. The summed E-state index contributed by atoms with van der Waals surface area (Å²) in [6.45, 7) is 1.04. The Morgan fingerprint density at radius 2 is 1.75 bits per heavy atom. The van der Waals surface area contributed by atoms with Crippen molar-refractivity contribution in [1.82, 2.24) is 0 Å². The molecule has 2 saturated heterocycles. The molecule has 0 bridgehead atoms. The molecule has 7 nitrogen and oxygen atoms in total. The van der Waals surface area contributed by atoms with Gasteiger partial charge in [-0.3, -0.25) is 9.80 Å². The fraction of sp³-hybridized carbons (Fsp3) is 0.385. The van der Waals surface area contributed by atoms with E-state index in [-0.39, 0.29) is 12.7 Å². The Kier molecular flexibility index (Phi) is 3.19. The Morgan fingerprint density at radius 3 is 2.25 bits per heavy atom. The number of carbonyl (C=O) groups is 2. The first-order chi connectivity index (χ1) is 9.69. The number of nitrogens with zero attached hydrogens (tertiary/aromatic N) is 2. The van der Waals surface area contributed by atoms with E-state index in [1.54, 1.807) is 24.3 Å². The van der Waals surface area contributed by atoms with Gasteiger partial charge < -0.3 is 14.6 Å². The van der Waals surface area contributed by atoms with Gasteiger partial charge >= 0.3 is 12.2 Å². The van der Waals surface area contributed by atoms with Crippen LogP contribution in [0.15, 0.2) is 24.3 Å². The number of benzene rings is 1. The molecule has 0 aliphatic carbocycles. The van der Waals surface area contributed by atoms with Gasteiger partial charge in [0.25, 0.3) is 0 Å². The molecule has 0 aromatic heterocycles. The summed E-state index contributed by atoms with van der Waals surface area (Å²) in [6, 6.07) is 6.98. The minimum absolute atomic E-state index is 0.195. The largest absolute Gasteiger partial charge is 0.447 e. The van der Waals surface area contributed by atoms with Crippen molar-refractivity contribution >= 4 is 23.6 Å². The lowest BCUT2D eigenvalue weighted by molar-refractivity contribution is 0.0963. The maximum absolute atomic E-state index is 11.6. The summed E-state index contributed by atoms with van der Waals surface area (Å²) in [5.74, 6) is 0. The van der Waals surface area contributed by atoms with E-state index in [9.17, 15) is 9.59 Å². The van der Waals surface area contributed by atoms with E-state index in [0.717, 1.165) is 5.69 Å². The number of aliphatic hydroxyl groups excluding tert-OH is 1. The number of amides is 2. The average molecular weight is 278 g/mol. The van der Waals surface area contributed by atoms with Crippen LogP contribution in [0.5, 0.6) is 0 Å². The number of carbonyl (C=O) groups excluding carboxylic acids is 2. The highest BCUT2D eigenvalue weighted by Crippen LogP contribution is 2.26. The van der Waals surface area contributed by atoms with Gasteiger partial charge in [-0.1, -0.05) is 0 Å². The second kappa shape index (κ2) is 5.01. The van der Waals surface area contributed by atoms with Gasteiger partial charge in [-0.2, -0.15) is 0 Å². The molecule has 0 unspecified atom stereocenters. The van der Waals surface area contributed by atoms with E-state index in [4.69, 9.17) is 14.6 Å². The molecule has 2 aliphatic rings. The van der Waals surface area contributed by atoms with E-state index in [1.165, 1.54) is 9.80 Å². The molecule has 7 heteroatoms. The molecule has 3 rings (SSSR count). The highest BCUT2D eigenvalue weighted by atomic mass is 16.6. The van der Waals surface area contributed by atoms with E-state index in [0.29, 0.717) is 25.4 Å². The van der Waals surface area contributed by atoms with Gasteiger partial charge in [0.05, 0.1) is 19.7 Å². The predicted molar refractivity (Wildman–Crippen MR) is 69.8 cm³/mol. The third kappa shape index (κ3) is 2.16. The van der Waals surface area contributed by atoms with Crippen molar-refractivity contribution in [2.45, 2.75) is 6.10 Å². The molecular weight excluding hydrogens is 264 g/mol. The molecule has 0 spiro atoms. The first-order valence-corrected chi connectivity index (χ1v) is 6.32. The third-order valence-electron chi connectivity index (χ3n) is 3.31. The number of rotatable bonds is 3. The monoisotopic (exact) mass is 278 g/mol. The summed E-state index contributed by atoms with van der Waals surface area (Å²) in [7, 11) is 0. The molecule has 20 heavy (non-hydrogen) atoms. The molecule has 0 saturated carbocycles. The van der Waals surface area contributed by atoms with Crippen LogP contribution in [0.25, 0.3) is 0 Å². The van der Waals surface area contributed by atoms with Crippen molar-refractivity contribution in [2.75, 3.05) is 36.1 Å². The average Bonchev–Trinajstić information content (AvgIpc) is 3.05. The fourth-order valence-corrected chi connectivity index (χ4v) is 2.27. The Balaban J connectivity index is 1.76. The van der Waals surface area contributed by atoms with E-state index in [1.807, 2.05) is 0 Å². The third-order valence-corrected chi connectivity index (χ3v) is 3.31. The molecular formula is C13H14N2O5. The van der Waals surface area contributed by atoms with Gasteiger partial charge in [0.15, 0.2) is 0 Å². The lowest BCUT2D eigenvalue weighted by atomic mass is 10.2. The topological polar surface area (TPSA) is 79.3 Å². The Hall–Kier alpha value is -2.28. The van der Waals surface area contributed by atoms with Crippen LogP contribution in [0.3, 0.4) is 0 Å². The second-order valence-electron chi connectivity index (χ2n) is 4.58. The summed E-state index contributed by atoms with van der Waals surface area (Å²) in [6.07, 6.45) is -1.33. The number of ether oxygens (including phenoxy) is 2. The van der Waals surface area contributed by atoms with Crippen LogP contribution in [0.2, 0.25) is 0 Å². The van der Waals surface area contributed by atoms with E-state index >= 15 is 0 Å². The van der Waals surface area contributed by atoms with Crippen LogP contribution in [0, 0.1) is 0 Å². The predicted octanol–water partition coefficient (Wildman–Crippen LogP) is 0.961. The second-order valence-corrected chi connectivity index (χ2v) is 4.58. The van der Waals surface area contributed by atoms with Crippen LogP contribution in [0.4, 0.5) is 21.0 Å². The smallest absolute Gasteiger partial charge is 0.414 e. The van der Waals surface area contributed by atoms with Crippen molar-refractivity contribution in [1.29, 1.82) is 0 Å². The van der Waals surface area contributed by atoms with Crippen LogP contribution in [-0.2, 0) is 9.47 Å². The van der Waals surface area contributed by atoms with Crippen molar-refractivity contribution in [3.63, 3.8) is 0 Å². The molecule has 1 atom stereocenters. The molecule has 1 aromatic rings. The Labute approximate surface area is 115 Å². The molecule has 2 aliphatic heterocycles. The maximum Gasteiger partial charge on any atom is 0.414 e. The van der Waals surface area contributed by atoms with Gasteiger partial charge in [-0.25, -0.2) is 9.59 Å². The molecule has 2 fully saturated rings.